The number of hydrogen-bond acceptors (Lipinski definition) is 2. The van der Waals surface area contributed by atoms with E-state index in [4.69, 9.17) is 16.7 Å². The van der Waals surface area contributed by atoms with Crippen LogP contribution in [0.5, 0.6) is 0 Å². The van der Waals surface area contributed by atoms with Crippen molar-refractivity contribution in [1.29, 1.82) is 0 Å². The van der Waals surface area contributed by atoms with Gasteiger partial charge in [0.2, 0.25) is 5.91 Å². The Labute approximate surface area is 121 Å². The van der Waals surface area contributed by atoms with Gasteiger partial charge in [0.05, 0.1) is 17.5 Å². The first-order valence-electron chi connectivity index (χ1n) is 6.25. The van der Waals surface area contributed by atoms with Gasteiger partial charge < -0.3 is 10.4 Å². The summed E-state index contributed by atoms with van der Waals surface area (Å²) in [6.07, 6.45) is -0.0307. The van der Waals surface area contributed by atoms with Crippen molar-refractivity contribution in [3.63, 3.8) is 0 Å². The average Bonchev–Trinajstić information content (AvgIpc) is 2.30. The van der Waals surface area contributed by atoms with Gasteiger partial charge in [-0.1, -0.05) is 31.5 Å². The molecule has 0 saturated heterocycles. The Balaban J connectivity index is 2.90. The predicted octanol–water partition coefficient (Wildman–Crippen LogP) is 3.16. The molecule has 0 saturated carbocycles. The van der Waals surface area contributed by atoms with E-state index in [1.165, 1.54) is 12.1 Å². The van der Waals surface area contributed by atoms with E-state index in [0.717, 1.165) is 6.07 Å². The Hall–Kier alpha value is -1.62. The number of halogens is 2. The molecule has 0 heterocycles. The molecule has 4 nitrogen and oxygen atoms in total. The molecule has 0 radical (unpaired) electrons. The third-order valence-electron chi connectivity index (χ3n) is 2.65. The van der Waals surface area contributed by atoms with Gasteiger partial charge in [0, 0.05) is 6.42 Å². The molecular weight excluding hydrogens is 285 g/mol. The standard InChI is InChI=1S/C14H17ClFNO3/c1-8(2)5-13(18)17-12(7-14(19)20)9-3-4-10(15)11(16)6-9/h3-4,6,8,12H,5,7H2,1-2H3,(H,17,18)(H,19,20). The number of carbonyl (C=O) groups excluding carboxylic acids is 1. The lowest BCUT2D eigenvalue weighted by atomic mass is 10.0. The van der Waals surface area contributed by atoms with E-state index in [1.54, 1.807) is 0 Å². The molecule has 6 heteroatoms. The van der Waals surface area contributed by atoms with Crippen LogP contribution in [0.1, 0.15) is 38.3 Å². The Kier molecular flexibility index (Phi) is 5.95. The maximum atomic E-state index is 13.4. The van der Waals surface area contributed by atoms with Crippen molar-refractivity contribution in [3.05, 3.63) is 34.6 Å². The fourth-order valence-corrected chi connectivity index (χ4v) is 1.90. The molecular formula is C14H17ClFNO3. The number of aliphatic carboxylic acids is 1. The number of carbonyl (C=O) groups is 2. The largest absolute Gasteiger partial charge is 0.481 e. The molecule has 0 aliphatic heterocycles. The summed E-state index contributed by atoms with van der Waals surface area (Å²) in [5.74, 6) is -1.82. The van der Waals surface area contributed by atoms with Gasteiger partial charge in [-0.3, -0.25) is 9.59 Å². The molecule has 0 bridgehead atoms. The third kappa shape index (κ3) is 5.17. The van der Waals surface area contributed by atoms with Crippen LogP contribution in [-0.4, -0.2) is 17.0 Å². The van der Waals surface area contributed by atoms with Gasteiger partial charge >= 0.3 is 5.97 Å². The highest BCUT2D eigenvalue weighted by molar-refractivity contribution is 6.30. The molecule has 0 fully saturated rings. The minimum Gasteiger partial charge on any atom is -0.481 e. The smallest absolute Gasteiger partial charge is 0.305 e. The molecule has 0 spiro atoms. The summed E-state index contributed by atoms with van der Waals surface area (Å²) in [6, 6.07) is 3.22. The zero-order chi connectivity index (χ0) is 15.3. The van der Waals surface area contributed by atoms with E-state index in [9.17, 15) is 14.0 Å². The van der Waals surface area contributed by atoms with Crippen molar-refractivity contribution in [2.24, 2.45) is 5.92 Å². The fourth-order valence-electron chi connectivity index (χ4n) is 1.78. The second-order valence-electron chi connectivity index (χ2n) is 4.99. The molecule has 0 aliphatic rings. The molecule has 0 aliphatic carbocycles. The molecule has 1 aromatic rings. The fraction of sp³-hybridized carbons (Fsp3) is 0.429. The normalized spacial score (nSPS) is 12.2. The lowest BCUT2D eigenvalue weighted by molar-refractivity contribution is -0.137. The summed E-state index contributed by atoms with van der Waals surface area (Å²) in [7, 11) is 0. The van der Waals surface area contributed by atoms with Crippen molar-refractivity contribution in [2.75, 3.05) is 0 Å². The van der Waals surface area contributed by atoms with E-state index in [1.807, 2.05) is 13.8 Å². The van der Waals surface area contributed by atoms with Crippen molar-refractivity contribution in [1.82, 2.24) is 5.32 Å². The molecule has 1 unspecified atom stereocenters. The van der Waals surface area contributed by atoms with Gasteiger partial charge in [0.1, 0.15) is 5.82 Å². The average molecular weight is 302 g/mol. The van der Waals surface area contributed by atoms with Gasteiger partial charge in [-0.15, -0.1) is 0 Å². The summed E-state index contributed by atoms with van der Waals surface area (Å²) in [5, 5.41) is 11.5. The molecule has 20 heavy (non-hydrogen) atoms. The maximum Gasteiger partial charge on any atom is 0.305 e. The lowest BCUT2D eigenvalue weighted by Gasteiger charge is -2.18. The Morgan fingerprint density at radius 2 is 2.00 bits per heavy atom. The monoisotopic (exact) mass is 301 g/mol. The Bertz CT molecular complexity index is 505. The van der Waals surface area contributed by atoms with E-state index >= 15 is 0 Å². The zero-order valence-electron chi connectivity index (χ0n) is 11.3. The number of benzene rings is 1. The van der Waals surface area contributed by atoms with Crippen LogP contribution >= 0.6 is 11.6 Å². The zero-order valence-corrected chi connectivity index (χ0v) is 12.1. The lowest BCUT2D eigenvalue weighted by Crippen LogP contribution is -2.31. The Morgan fingerprint density at radius 3 is 2.50 bits per heavy atom. The van der Waals surface area contributed by atoms with Crippen LogP contribution in [0.2, 0.25) is 5.02 Å². The first-order valence-corrected chi connectivity index (χ1v) is 6.63. The summed E-state index contributed by atoms with van der Waals surface area (Å²) < 4.78 is 13.4. The second-order valence-corrected chi connectivity index (χ2v) is 5.40. The number of amides is 1. The summed E-state index contributed by atoms with van der Waals surface area (Å²) in [5.41, 5.74) is 0.381. The highest BCUT2D eigenvalue weighted by Crippen LogP contribution is 2.22. The van der Waals surface area contributed by atoms with Crippen molar-refractivity contribution >= 4 is 23.5 Å². The topological polar surface area (TPSA) is 66.4 Å². The predicted molar refractivity (Wildman–Crippen MR) is 74.0 cm³/mol. The minimum atomic E-state index is -1.07. The van der Waals surface area contributed by atoms with Crippen LogP contribution < -0.4 is 5.32 Å². The Morgan fingerprint density at radius 1 is 1.35 bits per heavy atom. The first kappa shape index (κ1) is 16.4. The highest BCUT2D eigenvalue weighted by atomic mass is 35.5. The van der Waals surface area contributed by atoms with Gasteiger partial charge in [-0.2, -0.15) is 0 Å². The van der Waals surface area contributed by atoms with Gasteiger partial charge in [-0.05, 0) is 23.6 Å². The molecule has 1 amide bonds. The molecule has 0 aromatic heterocycles. The molecule has 1 aromatic carbocycles. The molecule has 1 rings (SSSR count). The first-order chi connectivity index (χ1) is 9.29. The molecule has 2 N–H and O–H groups in total. The van der Waals surface area contributed by atoms with Crippen LogP contribution in [0, 0.1) is 11.7 Å². The quantitative estimate of drug-likeness (QED) is 0.848. The van der Waals surface area contributed by atoms with E-state index in [2.05, 4.69) is 5.32 Å². The van der Waals surface area contributed by atoms with Gasteiger partial charge in [0.15, 0.2) is 0 Å². The maximum absolute atomic E-state index is 13.4. The third-order valence-corrected chi connectivity index (χ3v) is 2.96. The number of carboxylic acids is 1. The van der Waals surface area contributed by atoms with Crippen molar-refractivity contribution in [3.8, 4) is 0 Å². The van der Waals surface area contributed by atoms with Gasteiger partial charge in [0.25, 0.3) is 0 Å². The summed E-state index contributed by atoms with van der Waals surface area (Å²) in [6.45, 7) is 3.77. The highest BCUT2D eigenvalue weighted by Gasteiger charge is 2.19. The van der Waals surface area contributed by atoms with E-state index < -0.39 is 17.8 Å². The van der Waals surface area contributed by atoms with Gasteiger partial charge in [-0.25, -0.2) is 4.39 Å². The van der Waals surface area contributed by atoms with Crippen LogP contribution in [0.4, 0.5) is 4.39 Å². The van der Waals surface area contributed by atoms with Crippen LogP contribution in [-0.2, 0) is 9.59 Å². The van der Waals surface area contributed by atoms with Crippen molar-refractivity contribution < 1.29 is 19.1 Å². The number of hydrogen-bond donors (Lipinski definition) is 2. The molecule has 1 atom stereocenters. The second kappa shape index (κ2) is 7.24. The van der Waals surface area contributed by atoms with Crippen LogP contribution in [0.3, 0.4) is 0 Å². The SMILES string of the molecule is CC(C)CC(=O)NC(CC(=O)O)c1ccc(Cl)c(F)c1. The number of rotatable bonds is 6. The van der Waals surface area contributed by atoms with E-state index in [-0.39, 0.29) is 29.7 Å². The number of nitrogens with one attached hydrogen (secondary N) is 1. The summed E-state index contributed by atoms with van der Waals surface area (Å²) in [4.78, 5) is 22.6. The number of carboxylic acid groups (broad SMARTS) is 1. The minimum absolute atomic E-state index is 0.0451. The van der Waals surface area contributed by atoms with Crippen LogP contribution in [0.15, 0.2) is 18.2 Å². The van der Waals surface area contributed by atoms with Crippen molar-refractivity contribution in [2.45, 2.75) is 32.7 Å². The van der Waals surface area contributed by atoms with E-state index in [0.29, 0.717) is 5.56 Å². The molecule has 110 valence electrons. The van der Waals surface area contributed by atoms with Crippen LogP contribution in [0.25, 0.3) is 0 Å². The summed E-state index contributed by atoms with van der Waals surface area (Å²) >= 11 is 5.59.